The van der Waals surface area contributed by atoms with Crippen LogP contribution in [0.2, 0.25) is 0 Å². The van der Waals surface area contributed by atoms with Crippen molar-refractivity contribution in [2.75, 3.05) is 7.11 Å². The first-order chi connectivity index (χ1) is 8.24. The summed E-state index contributed by atoms with van der Waals surface area (Å²) in [5, 5.41) is 0. The molecule has 0 spiro atoms. The molecule has 1 aliphatic rings. The molecule has 1 aromatic carbocycles. The number of rotatable bonds is 4. The van der Waals surface area contributed by atoms with Gasteiger partial charge in [0.1, 0.15) is 5.75 Å². The summed E-state index contributed by atoms with van der Waals surface area (Å²) in [6.07, 6.45) is 6.27. The van der Waals surface area contributed by atoms with E-state index < -0.39 is 0 Å². The molecule has 1 aliphatic carbocycles. The highest BCUT2D eigenvalue weighted by Crippen LogP contribution is 2.33. The maximum absolute atomic E-state index is 5.31. The second kappa shape index (κ2) is 5.90. The minimum Gasteiger partial charge on any atom is -0.497 e. The Balaban J connectivity index is 2.11. The standard InChI is InChI=1S/C15H21BrO/c1-3-4-15(16)12-6-5-11-7-8-14(17-2)10-13(11)9-12/h7-8,10,12,15H,3-6,9H2,1-2H3. The number of methoxy groups -OCH3 is 1. The molecule has 0 aromatic heterocycles. The molecule has 1 nitrogen and oxygen atoms in total. The second-order valence-electron chi connectivity index (χ2n) is 4.94. The predicted octanol–water partition coefficient (Wildman–Crippen LogP) is 4.36. The average Bonchev–Trinajstić information content (AvgIpc) is 2.37. The molecule has 17 heavy (non-hydrogen) atoms. The van der Waals surface area contributed by atoms with Gasteiger partial charge in [0.05, 0.1) is 7.11 Å². The number of ether oxygens (including phenoxy) is 1. The molecule has 0 saturated carbocycles. The predicted molar refractivity (Wildman–Crippen MR) is 76.1 cm³/mol. The van der Waals surface area contributed by atoms with Crippen molar-refractivity contribution in [2.45, 2.75) is 43.9 Å². The first kappa shape index (κ1) is 12.9. The van der Waals surface area contributed by atoms with E-state index in [9.17, 15) is 0 Å². The van der Waals surface area contributed by atoms with Gasteiger partial charge >= 0.3 is 0 Å². The van der Waals surface area contributed by atoms with E-state index in [2.05, 4.69) is 41.1 Å². The number of alkyl halides is 1. The summed E-state index contributed by atoms with van der Waals surface area (Å²) in [6, 6.07) is 6.53. The van der Waals surface area contributed by atoms with Crippen LogP contribution < -0.4 is 4.74 Å². The molecule has 1 aromatic rings. The Hall–Kier alpha value is -0.500. The zero-order valence-corrected chi connectivity index (χ0v) is 12.3. The third-order valence-electron chi connectivity index (χ3n) is 3.76. The van der Waals surface area contributed by atoms with Gasteiger partial charge in [-0.25, -0.2) is 0 Å². The van der Waals surface area contributed by atoms with Crippen LogP contribution in [0.1, 0.15) is 37.3 Å². The number of fused-ring (bicyclic) bond motifs is 1. The number of hydrogen-bond donors (Lipinski definition) is 0. The van der Waals surface area contributed by atoms with E-state index in [0.717, 1.165) is 11.7 Å². The first-order valence-electron chi connectivity index (χ1n) is 6.54. The Kier molecular flexibility index (Phi) is 4.49. The van der Waals surface area contributed by atoms with Gasteiger partial charge in [0.2, 0.25) is 0 Å². The Morgan fingerprint density at radius 1 is 1.41 bits per heavy atom. The Morgan fingerprint density at radius 3 is 2.94 bits per heavy atom. The molecule has 0 fully saturated rings. The van der Waals surface area contributed by atoms with Crippen LogP contribution in [-0.2, 0) is 12.8 Å². The van der Waals surface area contributed by atoms with Gasteiger partial charge < -0.3 is 4.74 Å². The van der Waals surface area contributed by atoms with Crippen molar-refractivity contribution in [2.24, 2.45) is 5.92 Å². The quantitative estimate of drug-likeness (QED) is 0.750. The molecule has 0 bridgehead atoms. The molecule has 0 saturated heterocycles. The smallest absolute Gasteiger partial charge is 0.119 e. The van der Waals surface area contributed by atoms with Crippen molar-refractivity contribution in [1.82, 2.24) is 0 Å². The van der Waals surface area contributed by atoms with E-state index in [1.807, 2.05) is 0 Å². The zero-order chi connectivity index (χ0) is 12.3. The zero-order valence-electron chi connectivity index (χ0n) is 10.7. The highest BCUT2D eigenvalue weighted by atomic mass is 79.9. The first-order valence-corrected chi connectivity index (χ1v) is 7.46. The van der Waals surface area contributed by atoms with Crippen molar-refractivity contribution in [3.63, 3.8) is 0 Å². The van der Waals surface area contributed by atoms with Crippen molar-refractivity contribution in [1.29, 1.82) is 0 Å². The normalized spacial score (nSPS) is 20.8. The molecular formula is C15H21BrO. The minimum atomic E-state index is 0.673. The fraction of sp³-hybridized carbons (Fsp3) is 0.600. The fourth-order valence-electron chi connectivity index (χ4n) is 2.71. The van der Waals surface area contributed by atoms with Gasteiger partial charge in [0.25, 0.3) is 0 Å². The Labute approximate surface area is 113 Å². The number of hydrogen-bond acceptors (Lipinski definition) is 1. The summed E-state index contributed by atoms with van der Waals surface area (Å²) in [7, 11) is 1.74. The van der Waals surface area contributed by atoms with E-state index >= 15 is 0 Å². The van der Waals surface area contributed by atoms with E-state index in [0.29, 0.717) is 4.83 Å². The van der Waals surface area contributed by atoms with Crippen LogP contribution in [-0.4, -0.2) is 11.9 Å². The lowest BCUT2D eigenvalue weighted by molar-refractivity contribution is 0.406. The number of benzene rings is 1. The average molecular weight is 297 g/mol. The SMILES string of the molecule is CCCC(Br)C1CCc2ccc(OC)cc2C1. The summed E-state index contributed by atoms with van der Waals surface area (Å²) in [4.78, 5) is 0.673. The molecule has 0 amide bonds. The number of halogens is 1. The van der Waals surface area contributed by atoms with Crippen LogP contribution >= 0.6 is 15.9 Å². The van der Waals surface area contributed by atoms with Crippen LogP contribution in [0.5, 0.6) is 5.75 Å². The molecule has 0 radical (unpaired) electrons. The van der Waals surface area contributed by atoms with E-state index in [1.54, 1.807) is 7.11 Å². The molecule has 2 heteroatoms. The Morgan fingerprint density at radius 2 is 2.24 bits per heavy atom. The van der Waals surface area contributed by atoms with Crippen molar-refractivity contribution in [3.05, 3.63) is 29.3 Å². The molecule has 0 N–H and O–H groups in total. The maximum atomic E-state index is 5.31. The van der Waals surface area contributed by atoms with Crippen LogP contribution in [0.15, 0.2) is 18.2 Å². The second-order valence-corrected chi connectivity index (χ2v) is 6.12. The lowest BCUT2D eigenvalue weighted by Crippen LogP contribution is -2.22. The van der Waals surface area contributed by atoms with Gasteiger partial charge in [-0.3, -0.25) is 0 Å². The maximum Gasteiger partial charge on any atom is 0.119 e. The largest absolute Gasteiger partial charge is 0.497 e. The molecule has 2 rings (SSSR count). The molecule has 2 unspecified atom stereocenters. The van der Waals surface area contributed by atoms with Crippen LogP contribution in [0, 0.1) is 5.92 Å². The van der Waals surface area contributed by atoms with Crippen molar-refractivity contribution in [3.8, 4) is 5.75 Å². The highest BCUT2D eigenvalue weighted by molar-refractivity contribution is 9.09. The van der Waals surface area contributed by atoms with Crippen LogP contribution in [0.4, 0.5) is 0 Å². The van der Waals surface area contributed by atoms with Gasteiger partial charge in [0.15, 0.2) is 0 Å². The minimum absolute atomic E-state index is 0.673. The van der Waals surface area contributed by atoms with Gasteiger partial charge in [0, 0.05) is 4.83 Å². The summed E-state index contributed by atoms with van der Waals surface area (Å²) in [5.74, 6) is 1.78. The fourth-order valence-corrected chi connectivity index (χ4v) is 3.62. The van der Waals surface area contributed by atoms with E-state index in [-0.39, 0.29) is 0 Å². The van der Waals surface area contributed by atoms with Gasteiger partial charge in [-0.15, -0.1) is 0 Å². The van der Waals surface area contributed by atoms with Gasteiger partial charge in [-0.05, 0) is 54.9 Å². The molecule has 94 valence electrons. The third kappa shape index (κ3) is 3.04. The van der Waals surface area contributed by atoms with E-state index in [4.69, 9.17) is 4.74 Å². The monoisotopic (exact) mass is 296 g/mol. The summed E-state index contributed by atoms with van der Waals surface area (Å²) >= 11 is 3.86. The summed E-state index contributed by atoms with van der Waals surface area (Å²) in [6.45, 7) is 2.26. The molecule has 0 heterocycles. The van der Waals surface area contributed by atoms with Gasteiger partial charge in [-0.2, -0.15) is 0 Å². The van der Waals surface area contributed by atoms with Crippen molar-refractivity contribution >= 4 is 15.9 Å². The summed E-state index contributed by atoms with van der Waals surface area (Å²) < 4.78 is 5.31. The van der Waals surface area contributed by atoms with E-state index in [1.165, 1.54) is 43.2 Å². The molecular weight excluding hydrogens is 276 g/mol. The Bertz CT molecular complexity index is 375. The lowest BCUT2D eigenvalue weighted by atomic mass is 9.81. The topological polar surface area (TPSA) is 9.23 Å². The molecule has 0 aliphatic heterocycles. The van der Waals surface area contributed by atoms with Gasteiger partial charge in [-0.1, -0.05) is 35.3 Å². The van der Waals surface area contributed by atoms with Crippen molar-refractivity contribution < 1.29 is 4.74 Å². The highest BCUT2D eigenvalue weighted by Gasteiger charge is 2.24. The van der Waals surface area contributed by atoms with Crippen LogP contribution in [0.25, 0.3) is 0 Å². The lowest BCUT2D eigenvalue weighted by Gasteiger charge is -2.28. The number of aryl methyl sites for hydroxylation is 1. The summed E-state index contributed by atoms with van der Waals surface area (Å²) in [5.41, 5.74) is 3.00. The molecule has 2 atom stereocenters. The third-order valence-corrected chi connectivity index (χ3v) is 4.96. The van der Waals surface area contributed by atoms with Crippen LogP contribution in [0.3, 0.4) is 0 Å².